The molecule has 2 heteroatoms. The van der Waals surface area contributed by atoms with Crippen LogP contribution in [-0.4, -0.2) is 0 Å². The van der Waals surface area contributed by atoms with Gasteiger partial charge in [0.05, 0.1) is 21.8 Å². The van der Waals surface area contributed by atoms with Gasteiger partial charge in [0.15, 0.2) is 0 Å². The molecule has 1 aliphatic rings. The van der Waals surface area contributed by atoms with Crippen molar-refractivity contribution >= 4 is 48.6 Å². The quantitative estimate of drug-likeness (QED) is 0.156. The Balaban J connectivity index is 1.26. The van der Waals surface area contributed by atoms with Gasteiger partial charge >= 0.3 is 0 Å². The van der Waals surface area contributed by atoms with Crippen LogP contribution >= 0.6 is 11.3 Å². The fourth-order valence-electron chi connectivity index (χ4n) is 9.70. The van der Waals surface area contributed by atoms with Crippen molar-refractivity contribution in [3.8, 4) is 55.6 Å². The van der Waals surface area contributed by atoms with Gasteiger partial charge in [-0.05, 0) is 79.9 Å². The van der Waals surface area contributed by atoms with Gasteiger partial charge in [0.2, 0.25) is 0 Å². The topological polar surface area (TPSA) is 3.24 Å². The first-order valence-corrected chi connectivity index (χ1v) is 21.3. The van der Waals surface area contributed by atoms with Crippen LogP contribution in [0.3, 0.4) is 0 Å². The van der Waals surface area contributed by atoms with Crippen LogP contribution in [0.5, 0.6) is 0 Å². The van der Waals surface area contributed by atoms with Gasteiger partial charge in [0.25, 0.3) is 0 Å². The Hall–Kier alpha value is -7.00. The Kier molecular flexibility index (Phi) is 8.43. The molecule has 0 spiro atoms. The van der Waals surface area contributed by atoms with Crippen LogP contribution in [0.4, 0.5) is 17.1 Å². The van der Waals surface area contributed by atoms with Gasteiger partial charge < -0.3 is 4.90 Å². The molecule has 0 amide bonds. The molecule has 11 rings (SSSR count). The average molecular weight is 772 g/mol. The smallest absolute Gasteiger partial charge is 0.0640 e. The standard InChI is InChI=1S/C57H41NS/c1-57(2)49-33-14-11-25-42(49)46-30-17-31-47(55(46)57)43-26-12-15-34-50(43)58(52-36-19-32-48-44-27-13-16-37-53(44)59-56(48)52)51-35-18-29-41(39-22-7-4-8-23-39)54(51)45-28-10-9-24-40(45)38-20-5-3-6-21-38/h3-37H,1-2H3. The average Bonchev–Trinajstić information content (AvgIpc) is 3.80. The summed E-state index contributed by atoms with van der Waals surface area (Å²) in [5, 5.41) is 2.56. The lowest BCUT2D eigenvalue weighted by Gasteiger charge is -2.33. The summed E-state index contributed by atoms with van der Waals surface area (Å²) in [5.41, 5.74) is 18.3. The molecule has 1 nitrogen and oxygen atoms in total. The molecule has 1 aliphatic carbocycles. The third-order valence-electron chi connectivity index (χ3n) is 12.3. The number of hydrogen-bond donors (Lipinski definition) is 0. The Bertz CT molecular complexity index is 3190. The molecular formula is C57H41NS. The SMILES string of the molecule is CC1(C)c2ccccc2-c2cccc(-c3ccccc3N(c3cccc(-c4ccccc4)c3-c3ccccc3-c3ccccc3)c3cccc4c3sc3ccccc34)c21. The molecule has 0 radical (unpaired) electrons. The second-order valence-corrected chi connectivity index (χ2v) is 17.0. The Morgan fingerprint density at radius 3 is 1.63 bits per heavy atom. The van der Waals surface area contributed by atoms with E-state index in [0.717, 1.165) is 17.1 Å². The molecule has 0 unspecified atom stereocenters. The molecule has 9 aromatic carbocycles. The molecule has 10 aromatic rings. The van der Waals surface area contributed by atoms with Crippen LogP contribution in [0.25, 0.3) is 75.8 Å². The minimum absolute atomic E-state index is 0.182. The normalized spacial score (nSPS) is 12.7. The first-order valence-electron chi connectivity index (χ1n) is 20.4. The van der Waals surface area contributed by atoms with Crippen LogP contribution in [0.2, 0.25) is 0 Å². The lowest BCUT2D eigenvalue weighted by atomic mass is 9.78. The van der Waals surface area contributed by atoms with E-state index in [4.69, 9.17) is 0 Å². The van der Waals surface area contributed by atoms with Crippen molar-refractivity contribution in [2.45, 2.75) is 19.3 Å². The Morgan fingerprint density at radius 2 is 0.847 bits per heavy atom. The number of anilines is 3. The van der Waals surface area contributed by atoms with Gasteiger partial charge in [0.1, 0.15) is 0 Å². The van der Waals surface area contributed by atoms with Crippen molar-refractivity contribution in [3.63, 3.8) is 0 Å². The molecule has 280 valence electrons. The summed E-state index contributed by atoms with van der Waals surface area (Å²) < 4.78 is 2.55. The van der Waals surface area contributed by atoms with E-state index in [-0.39, 0.29) is 5.41 Å². The van der Waals surface area contributed by atoms with Gasteiger partial charge in [-0.1, -0.05) is 202 Å². The zero-order valence-electron chi connectivity index (χ0n) is 33.1. The molecule has 1 aromatic heterocycles. The van der Waals surface area contributed by atoms with Crippen LogP contribution in [0.15, 0.2) is 212 Å². The van der Waals surface area contributed by atoms with Gasteiger partial charge in [-0.2, -0.15) is 0 Å². The molecule has 1 heterocycles. The minimum Gasteiger partial charge on any atom is -0.308 e. The molecule has 0 atom stereocenters. The number of nitrogens with zero attached hydrogens (tertiary/aromatic N) is 1. The summed E-state index contributed by atoms with van der Waals surface area (Å²) in [6, 6.07) is 78.1. The maximum Gasteiger partial charge on any atom is 0.0640 e. The molecule has 0 bridgehead atoms. The highest BCUT2D eigenvalue weighted by atomic mass is 32.1. The zero-order valence-corrected chi connectivity index (χ0v) is 33.9. The van der Waals surface area contributed by atoms with Crippen molar-refractivity contribution in [1.82, 2.24) is 0 Å². The lowest BCUT2D eigenvalue weighted by Crippen LogP contribution is -2.17. The predicted molar refractivity (Wildman–Crippen MR) is 253 cm³/mol. The summed E-state index contributed by atoms with van der Waals surface area (Å²) in [5.74, 6) is 0. The molecule has 59 heavy (non-hydrogen) atoms. The van der Waals surface area contributed by atoms with Gasteiger partial charge in [0, 0.05) is 32.0 Å². The van der Waals surface area contributed by atoms with Crippen LogP contribution in [0, 0.1) is 0 Å². The van der Waals surface area contributed by atoms with E-state index >= 15 is 0 Å². The molecular weight excluding hydrogens is 731 g/mol. The third-order valence-corrected chi connectivity index (χ3v) is 13.5. The van der Waals surface area contributed by atoms with E-state index in [9.17, 15) is 0 Å². The van der Waals surface area contributed by atoms with E-state index in [1.807, 2.05) is 11.3 Å². The highest BCUT2D eigenvalue weighted by Crippen LogP contribution is 2.56. The second-order valence-electron chi connectivity index (χ2n) is 16.0. The first kappa shape index (κ1) is 35.2. The highest BCUT2D eigenvalue weighted by molar-refractivity contribution is 7.26. The first-order chi connectivity index (χ1) is 29.1. The number of rotatable bonds is 7. The Morgan fingerprint density at radius 1 is 0.356 bits per heavy atom. The lowest BCUT2D eigenvalue weighted by molar-refractivity contribution is 0.662. The molecule has 0 saturated heterocycles. The van der Waals surface area contributed by atoms with Gasteiger partial charge in [-0.15, -0.1) is 11.3 Å². The largest absolute Gasteiger partial charge is 0.308 e. The van der Waals surface area contributed by atoms with Crippen molar-refractivity contribution < 1.29 is 0 Å². The maximum atomic E-state index is 2.57. The molecule has 0 aliphatic heterocycles. The van der Waals surface area contributed by atoms with E-state index < -0.39 is 0 Å². The van der Waals surface area contributed by atoms with E-state index in [1.165, 1.54) is 86.9 Å². The monoisotopic (exact) mass is 771 g/mol. The summed E-state index contributed by atoms with van der Waals surface area (Å²) in [6.45, 7) is 4.78. The molecule has 0 N–H and O–H groups in total. The van der Waals surface area contributed by atoms with Crippen molar-refractivity contribution in [2.75, 3.05) is 4.90 Å². The van der Waals surface area contributed by atoms with E-state index in [1.54, 1.807) is 0 Å². The summed E-state index contributed by atoms with van der Waals surface area (Å²) in [6.07, 6.45) is 0. The molecule has 0 saturated carbocycles. The summed E-state index contributed by atoms with van der Waals surface area (Å²) in [4.78, 5) is 2.57. The number of para-hydroxylation sites is 1. The van der Waals surface area contributed by atoms with Crippen LogP contribution in [-0.2, 0) is 5.41 Å². The third kappa shape index (κ3) is 5.67. The van der Waals surface area contributed by atoms with E-state index in [2.05, 4.69) is 231 Å². The fraction of sp³-hybridized carbons (Fsp3) is 0.0526. The summed E-state index contributed by atoms with van der Waals surface area (Å²) >= 11 is 1.88. The summed E-state index contributed by atoms with van der Waals surface area (Å²) in [7, 11) is 0. The fourth-order valence-corrected chi connectivity index (χ4v) is 10.9. The van der Waals surface area contributed by atoms with Gasteiger partial charge in [-0.3, -0.25) is 0 Å². The van der Waals surface area contributed by atoms with Crippen LogP contribution < -0.4 is 4.90 Å². The second kappa shape index (κ2) is 14.1. The number of hydrogen-bond acceptors (Lipinski definition) is 2. The van der Waals surface area contributed by atoms with Crippen molar-refractivity contribution in [1.29, 1.82) is 0 Å². The maximum absolute atomic E-state index is 2.57. The number of thiophene rings is 1. The van der Waals surface area contributed by atoms with Crippen LogP contribution in [0.1, 0.15) is 25.0 Å². The van der Waals surface area contributed by atoms with E-state index in [0.29, 0.717) is 0 Å². The number of benzene rings is 9. The van der Waals surface area contributed by atoms with Crippen molar-refractivity contribution in [3.05, 3.63) is 223 Å². The zero-order chi connectivity index (χ0) is 39.5. The van der Waals surface area contributed by atoms with Gasteiger partial charge in [-0.25, -0.2) is 0 Å². The highest BCUT2D eigenvalue weighted by Gasteiger charge is 2.38. The van der Waals surface area contributed by atoms with Crippen molar-refractivity contribution in [2.24, 2.45) is 0 Å². The predicted octanol–water partition coefficient (Wildman–Crippen LogP) is 16.5. The number of fused-ring (bicyclic) bond motifs is 6. The molecule has 0 fully saturated rings. The minimum atomic E-state index is -0.182. The Labute approximate surface area is 350 Å².